The predicted octanol–water partition coefficient (Wildman–Crippen LogP) is 3.33. The number of H-pyrrole nitrogens is 1. The highest BCUT2D eigenvalue weighted by Crippen LogP contribution is 2.50. The monoisotopic (exact) mass is 434 g/mol. The van der Waals surface area contributed by atoms with E-state index in [-0.39, 0.29) is 17.3 Å². The van der Waals surface area contributed by atoms with Crippen LogP contribution in [-0.2, 0) is 0 Å². The number of allylic oxidation sites excluding steroid dienone is 1. The van der Waals surface area contributed by atoms with Gasteiger partial charge in [-0.2, -0.15) is 5.26 Å². The molecule has 0 bridgehead atoms. The molecule has 2 aromatic carbocycles. The van der Waals surface area contributed by atoms with Crippen LogP contribution in [-0.4, -0.2) is 38.6 Å². The van der Waals surface area contributed by atoms with Crippen molar-refractivity contribution in [1.29, 1.82) is 5.26 Å². The van der Waals surface area contributed by atoms with Gasteiger partial charge in [-0.25, -0.2) is 0 Å². The highest BCUT2D eigenvalue weighted by molar-refractivity contribution is 5.77. The Bertz CT molecular complexity index is 1240. The van der Waals surface area contributed by atoms with E-state index < -0.39 is 5.92 Å². The van der Waals surface area contributed by atoms with Gasteiger partial charge in [-0.1, -0.05) is 0 Å². The van der Waals surface area contributed by atoms with Crippen LogP contribution in [0, 0.1) is 11.3 Å². The molecular weight excluding hydrogens is 412 g/mol. The first kappa shape index (κ1) is 20.9. The molecule has 9 heteroatoms. The maximum absolute atomic E-state index is 9.98. The lowest BCUT2D eigenvalue weighted by Gasteiger charge is -2.26. The summed E-state index contributed by atoms with van der Waals surface area (Å²) >= 11 is 0. The summed E-state index contributed by atoms with van der Waals surface area (Å²) < 4.78 is 27.7. The summed E-state index contributed by atoms with van der Waals surface area (Å²) in [5, 5.41) is 17.3. The molecule has 4 rings (SSSR count). The third-order valence-corrected chi connectivity index (χ3v) is 5.36. The zero-order valence-electron chi connectivity index (χ0n) is 18.1. The molecule has 0 fully saturated rings. The van der Waals surface area contributed by atoms with Gasteiger partial charge in [0.05, 0.1) is 45.6 Å². The van der Waals surface area contributed by atoms with Crippen LogP contribution in [0.25, 0.3) is 11.3 Å². The summed E-state index contributed by atoms with van der Waals surface area (Å²) in [7, 11) is 6.29. The smallest absolute Gasteiger partial charge is 0.244 e. The summed E-state index contributed by atoms with van der Waals surface area (Å²) in [5.41, 5.74) is 8.93. The SMILES string of the molecule is COc1ccc(OC)c(-c2[nH]nc3c2C(c2cc(OC)ccc2OC)C(C#N)=C(N)O3)c1. The summed E-state index contributed by atoms with van der Waals surface area (Å²) in [6, 6.07) is 13.0. The molecule has 164 valence electrons. The van der Waals surface area contributed by atoms with Crippen LogP contribution in [0.3, 0.4) is 0 Å². The number of methoxy groups -OCH3 is 4. The fourth-order valence-corrected chi connectivity index (χ4v) is 3.84. The molecule has 9 nitrogen and oxygen atoms in total. The minimum atomic E-state index is -0.626. The molecule has 3 N–H and O–H groups in total. The second kappa shape index (κ2) is 8.43. The second-order valence-corrected chi connectivity index (χ2v) is 6.92. The minimum absolute atomic E-state index is 0.0227. The Balaban J connectivity index is 2.02. The Morgan fingerprint density at radius 1 is 0.969 bits per heavy atom. The fraction of sp³-hybridized carbons (Fsp3) is 0.217. The number of nitriles is 1. The van der Waals surface area contributed by atoms with Crippen molar-refractivity contribution < 1.29 is 23.7 Å². The van der Waals surface area contributed by atoms with E-state index in [0.29, 0.717) is 45.4 Å². The highest BCUT2D eigenvalue weighted by atomic mass is 16.5. The molecular formula is C23H22N4O5. The molecule has 2 heterocycles. The number of rotatable bonds is 6. The second-order valence-electron chi connectivity index (χ2n) is 6.92. The van der Waals surface area contributed by atoms with Crippen LogP contribution >= 0.6 is 0 Å². The Labute approximate surface area is 184 Å². The minimum Gasteiger partial charge on any atom is -0.497 e. The van der Waals surface area contributed by atoms with Gasteiger partial charge < -0.3 is 29.4 Å². The van der Waals surface area contributed by atoms with Crippen molar-refractivity contribution in [3.8, 4) is 46.2 Å². The quantitative estimate of drug-likeness (QED) is 0.605. The average molecular weight is 434 g/mol. The summed E-state index contributed by atoms with van der Waals surface area (Å²) in [4.78, 5) is 0. The number of aromatic nitrogens is 2. The van der Waals surface area contributed by atoms with E-state index in [1.807, 2.05) is 12.1 Å². The standard InChI is InChI=1S/C23H22N4O5/c1-28-12-5-7-17(30-3)14(9-12)19-16(11-24)22(25)32-23-20(19)21(26-27-23)15-10-13(29-2)6-8-18(15)31-4/h5-10,19H,25H2,1-4H3,(H,26,27). The van der Waals surface area contributed by atoms with Gasteiger partial charge in [0.1, 0.15) is 34.6 Å². The van der Waals surface area contributed by atoms with Crippen LogP contribution in [0.4, 0.5) is 0 Å². The van der Waals surface area contributed by atoms with Crippen molar-refractivity contribution >= 4 is 0 Å². The van der Waals surface area contributed by atoms with Gasteiger partial charge in [-0.3, -0.25) is 5.10 Å². The third-order valence-electron chi connectivity index (χ3n) is 5.36. The lowest BCUT2D eigenvalue weighted by Crippen LogP contribution is -2.21. The molecule has 1 aliphatic heterocycles. The average Bonchev–Trinajstić information content (AvgIpc) is 3.25. The molecule has 3 aromatic rings. The zero-order chi connectivity index (χ0) is 22.8. The van der Waals surface area contributed by atoms with Crippen LogP contribution in [0.1, 0.15) is 17.0 Å². The van der Waals surface area contributed by atoms with Crippen LogP contribution in [0.5, 0.6) is 28.9 Å². The number of ether oxygens (including phenoxy) is 5. The van der Waals surface area contributed by atoms with Crippen molar-refractivity contribution in [2.24, 2.45) is 5.73 Å². The first-order chi connectivity index (χ1) is 15.6. The number of nitrogens with one attached hydrogen (secondary N) is 1. The van der Waals surface area contributed by atoms with Gasteiger partial charge in [0, 0.05) is 11.1 Å². The highest BCUT2D eigenvalue weighted by Gasteiger charge is 2.38. The van der Waals surface area contributed by atoms with Crippen molar-refractivity contribution in [2.45, 2.75) is 5.92 Å². The number of hydrogen-bond acceptors (Lipinski definition) is 8. The van der Waals surface area contributed by atoms with E-state index in [1.54, 1.807) is 52.7 Å². The molecule has 1 atom stereocenters. The van der Waals surface area contributed by atoms with Crippen molar-refractivity contribution in [3.63, 3.8) is 0 Å². The van der Waals surface area contributed by atoms with E-state index >= 15 is 0 Å². The van der Waals surface area contributed by atoms with E-state index in [2.05, 4.69) is 16.3 Å². The van der Waals surface area contributed by atoms with Crippen LogP contribution in [0.2, 0.25) is 0 Å². The molecule has 0 spiro atoms. The molecule has 32 heavy (non-hydrogen) atoms. The van der Waals surface area contributed by atoms with Crippen molar-refractivity contribution in [3.05, 3.63) is 59.0 Å². The number of benzene rings is 2. The first-order valence-electron chi connectivity index (χ1n) is 9.66. The molecule has 0 saturated heterocycles. The maximum atomic E-state index is 9.98. The van der Waals surface area contributed by atoms with E-state index in [9.17, 15) is 5.26 Å². The molecule has 0 amide bonds. The number of fused-ring (bicyclic) bond motifs is 1. The predicted molar refractivity (Wildman–Crippen MR) is 116 cm³/mol. The zero-order valence-corrected chi connectivity index (χ0v) is 18.1. The summed E-state index contributed by atoms with van der Waals surface area (Å²) in [6.45, 7) is 0. The Morgan fingerprint density at radius 2 is 1.62 bits per heavy atom. The summed E-state index contributed by atoms with van der Waals surface area (Å²) in [5.74, 6) is 2.00. The van der Waals surface area contributed by atoms with Crippen molar-refractivity contribution in [1.82, 2.24) is 10.2 Å². The Kier molecular flexibility index (Phi) is 5.52. The summed E-state index contributed by atoms with van der Waals surface area (Å²) in [6.07, 6.45) is 0. The lowest BCUT2D eigenvalue weighted by atomic mass is 9.82. The molecule has 0 saturated carbocycles. The molecule has 1 aliphatic rings. The largest absolute Gasteiger partial charge is 0.497 e. The molecule has 1 aromatic heterocycles. The Morgan fingerprint density at radius 3 is 2.25 bits per heavy atom. The van der Waals surface area contributed by atoms with Crippen molar-refractivity contribution in [2.75, 3.05) is 28.4 Å². The molecule has 0 aliphatic carbocycles. The van der Waals surface area contributed by atoms with Gasteiger partial charge in [0.15, 0.2) is 0 Å². The normalized spacial score (nSPS) is 14.8. The maximum Gasteiger partial charge on any atom is 0.244 e. The molecule has 0 radical (unpaired) electrons. The number of nitrogens with zero attached hydrogens (tertiary/aromatic N) is 2. The van der Waals surface area contributed by atoms with Gasteiger partial charge >= 0.3 is 0 Å². The van der Waals surface area contributed by atoms with Crippen LogP contribution < -0.4 is 29.4 Å². The van der Waals surface area contributed by atoms with E-state index in [4.69, 9.17) is 29.4 Å². The Hall–Kier alpha value is -4.32. The van der Waals surface area contributed by atoms with Gasteiger partial charge in [-0.05, 0) is 36.4 Å². The van der Waals surface area contributed by atoms with Gasteiger partial charge in [-0.15, -0.1) is 5.10 Å². The number of aromatic amines is 1. The van der Waals surface area contributed by atoms with E-state index in [0.717, 1.165) is 0 Å². The topological polar surface area (TPSA) is 125 Å². The molecule has 1 unspecified atom stereocenters. The van der Waals surface area contributed by atoms with Crippen LogP contribution in [0.15, 0.2) is 47.9 Å². The van der Waals surface area contributed by atoms with E-state index in [1.165, 1.54) is 0 Å². The first-order valence-corrected chi connectivity index (χ1v) is 9.66. The number of hydrogen-bond donors (Lipinski definition) is 2. The number of nitrogens with two attached hydrogens (primary N) is 1. The fourth-order valence-electron chi connectivity index (χ4n) is 3.84. The lowest BCUT2D eigenvalue weighted by molar-refractivity contribution is 0.373. The van der Waals surface area contributed by atoms with Gasteiger partial charge in [0.25, 0.3) is 0 Å². The third kappa shape index (κ3) is 3.32. The van der Waals surface area contributed by atoms with Gasteiger partial charge in [0.2, 0.25) is 11.8 Å².